The molecule has 1 fully saturated rings. The van der Waals surface area contributed by atoms with Gasteiger partial charge in [0.15, 0.2) is 0 Å². The van der Waals surface area contributed by atoms with E-state index < -0.39 is 0 Å². The molecule has 0 bridgehead atoms. The first-order valence-electron chi connectivity index (χ1n) is 7.63. The second kappa shape index (κ2) is 6.12. The Morgan fingerprint density at radius 1 is 1.20 bits per heavy atom. The smallest absolute Gasteiger partial charge is 0.119 e. The fourth-order valence-electron chi connectivity index (χ4n) is 3.21. The van der Waals surface area contributed by atoms with Crippen molar-refractivity contribution in [3.05, 3.63) is 29.3 Å². The highest BCUT2D eigenvalue weighted by atomic mass is 16.5. The first kappa shape index (κ1) is 13.9. The van der Waals surface area contributed by atoms with Crippen molar-refractivity contribution in [1.29, 1.82) is 0 Å². The molecule has 0 amide bonds. The minimum atomic E-state index is 0.466. The van der Waals surface area contributed by atoms with Crippen molar-refractivity contribution in [1.82, 2.24) is 15.3 Å². The van der Waals surface area contributed by atoms with Gasteiger partial charge in [-0.2, -0.15) is 0 Å². The summed E-state index contributed by atoms with van der Waals surface area (Å²) in [4.78, 5) is 2.39. The van der Waals surface area contributed by atoms with Crippen LogP contribution in [0.2, 0.25) is 0 Å². The number of hydrogen-bond acceptors (Lipinski definition) is 4. The van der Waals surface area contributed by atoms with Crippen LogP contribution in [-0.4, -0.2) is 50.2 Å². The summed E-state index contributed by atoms with van der Waals surface area (Å²) in [6, 6.07) is 6.99. The summed E-state index contributed by atoms with van der Waals surface area (Å²) >= 11 is 0. The van der Waals surface area contributed by atoms with Gasteiger partial charge >= 0.3 is 0 Å². The number of hydrogen-bond donors (Lipinski definition) is 1. The molecule has 0 saturated carbocycles. The molecule has 1 aromatic carbocycles. The predicted octanol–water partition coefficient (Wildman–Crippen LogP) is 1.82. The molecule has 1 saturated heterocycles. The molecule has 4 nitrogen and oxygen atoms in total. The third-order valence-corrected chi connectivity index (χ3v) is 4.51. The maximum absolute atomic E-state index is 5.34. The van der Waals surface area contributed by atoms with Crippen LogP contribution in [0.15, 0.2) is 18.2 Å². The average molecular weight is 275 g/mol. The highest BCUT2D eigenvalue weighted by molar-refractivity contribution is 5.39. The van der Waals surface area contributed by atoms with Crippen LogP contribution in [0.1, 0.15) is 30.0 Å². The zero-order chi connectivity index (χ0) is 13.9. The van der Waals surface area contributed by atoms with E-state index in [0.717, 1.165) is 31.9 Å². The van der Waals surface area contributed by atoms with Gasteiger partial charge in [-0.3, -0.25) is 0 Å². The molecule has 1 heterocycles. The van der Waals surface area contributed by atoms with Gasteiger partial charge in [-0.05, 0) is 49.6 Å². The zero-order valence-corrected chi connectivity index (χ0v) is 12.6. The van der Waals surface area contributed by atoms with Gasteiger partial charge < -0.3 is 9.64 Å². The lowest BCUT2D eigenvalue weighted by Gasteiger charge is -2.37. The van der Waals surface area contributed by atoms with E-state index in [1.807, 2.05) is 0 Å². The van der Waals surface area contributed by atoms with Crippen molar-refractivity contribution in [2.24, 2.45) is 0 Å². The van der Waals surface area contributed by atoms with Crippen LogP contribution < -0.4 is 10.2 Å². The summed E-state index contributed by atoms with van der Waals surface area (Å²) in [7, 11) is 3.93. The maximum Gasteiger partial charge on any atom is 0.119 e. The Morgan fingerprint density at radius 3 is 2.75 bits per heavy atom. The molecule has 3 rings (SSSR count). The Kier molecular flexibility index (Phi) is 4.24. The Balaban J connectivity index is 1.70. The van der Waals surface area contributed by atoms with Gasteiger partial charge in [0.25, 0.3) is 0 Å². The first-order chi connectivity index (χ1) is 9.76. The molecule has 1 N–H and O–H groups in total. The third kappa shape index (κ3) is 2.97. The van der Waals surface area contributed by atoms with Crippen LogP contribution in [0.4, 0.5) is 0 Å². The van der Waals surface area contributed by atoms with Crippen molar-refractivity contribution in [3.63, 3.8) is 0 Å². The van der Waals surface area contributed by atoms with E-state index in [2.05, 4.69) is 40.6 Å². The van der Waals surface area contributed by atoms with Gasteiger partial charge in [0.05, 0.1) is 7.11 Å². The molecular weight excluding hydrogens is 250 g/mol. The molecule has 1 unspecified atom stereocenters. The number of fused-ring (bicyclic) bond motifs is 1. The van der Waals surface area contributed by atoms with E-state index in [9.17, 15) is 0 Å². The topological polar surface area (TPSA) is 27.7 Å². The molecular formula is C16H25N3O. The monoisotopic (exact) mass is 275 g/mol. The molecule has 1 aliphatic heterocycles. The molecule has 110 valence electrons. The zero-order valence-electron chi connectivity index (χ0n) is 12.6. The van der Waals surface area contributed by atoms with Crippen LogP contribution >= 0.6 is 0 Å². The number of benzene rings is 1. The Hall–Kier alpha value is -1.10. The number of nitrogens with one attached hydrogen (secondary N) is 1. The fraction of sp³-hybridized carbons (Fsp3) is 0.625. The molecule has 2 aliphatic rings. The van der Waals surface area contributed by atoms with Crippen molar-refractivity contribution >= 4 is 0 Å². The van der Waals surface area contributed by atoms with Gasteiger partial charge in [0.2, 0.25) is 0 Å². The molecule has 4 heteroatoms. The maximum atomic E-state index is 5.34. The number of piperazine rings is 1. The van der Waals surface area contributed by atoms with Gasteiger partial charge in [-0.25, -0.2) is 10.4 Å². The number of ether oxygens (including phenoxy) is 1. The molecule has 1 aliphatic carbocycles. The Morgan fingerprint density at radius 2 is 2.00 bits per heavy atom. The molecule has 1 atom stereocenters. The van der Waals surface area contributed by atoms with E-state index in [1.54, 1.807) is 7.11 Å². The number of aryl methyl sites for hydroxylation is 1. The van der Waals surface area contributed by atoms with E-state index in [-0.39, 0.29) is 0 Å². The number of rotatable bonds is 3. The molecule has 20 heavy (non-hydrogen) atoms. The van der Waals surface area contributed by atoms with Crippen LogP contribution in [0.3, 0.4) is 0 Å². The summed E-state index contributed by atoms with van der Waals surface area (Å²) < 4.78 is 5.34. The van der Waals surface area contributed by atoms with Crippen molar-refractivity contribution in [3.8, 4) is 5.75 Å². The summed E-state index contributed by atoms with van der Waals surface area (Å²) in [6.45, 7) is 4.52. The summed E-state index contributed by atoms with van der Waals surface area (Å²) in [5, 5.41) is 2.39. The molecule has 1 aromatic rings. The van der Waals surface area contributed by atoms with Gasteiger partial charge in [-0.1, -0.05) is 6.07 Å². The lowest BCUT2D eigenvalue weighted by atomic mass is 9.88. The van der Waals surface area contributed by atoms with E-state index in [4.69, 9.17) is 4.74 Å². The SMILES string of the molecule is COc1ccc2c(c1)CCCC2NN1CCN(C)CC1. The van der Waals surface area contributed by atoms with Crippen molar-refractivity contribution < 1.29 is 4.74 Å². The molecule has 0 spiro atoms. The van der Waals surface area contributed by atoms with Crippen LogP contribution in [0.5, 0.6) is 5.75 Å². The lowest BCUT2D eigenvalue weighted by molar-refractivity contribution is 0.0828. The van der Waals surface area contributed by atoms with E-state index in [0.29, 0.717) is 6.04 Å². The second-order valence-electron chi connectivity index (χ2n) is 5.93. The summed E-state index contributed by atoms with van der Waals surface area (Å²) in [6.07, 6.45) is 3.66. The van der Waals surface area contributed by atoms with Crippen LogP contribution in [-0.2, 0) is 6.42 Å². The number of methoxy groups -OCH3 is 1. The highest BCUT2D eigenvalue weighted by Gasteiger charge is 2.23. The van der Waals surface area contributed by atoms with Crippen LogP contribution in [0.25, 0.3) is 0 Å². The normalized spacial score (nSPS) is 24.4. The van der Waals surface area contributed by atoms with Gasteiger partial charge in [-0.15, -0.1) is 0 Å². The quantitative estimate of drug-likeness (QED) is 0.911. The van der Waals surface area contributed by atoms with E-state index >= 15 is 0 Å². The predicted molar refractivity (Wildman–Crippen MR) is 80.9 cm³/mol. The third-order valence-electron chi connectivity index (χ3n) is 4.51. The summed E-state index contributed by atoms with van der Waals surface area (Å²) in [5.41, 5.74) is 6.64. The first-order valence-corrected chi connectivity index (χ1v) is 7.63. The Labute approximate surface area is 121 Å². The standard InChI is InChI=1S/C16H25N3O/c1-18-8-10-19(11-9-18)17-16-5-3-4-13-12-14(20-2)6-7-15(13)16/h6-7,12,16-17H,3-5,8-11H2,1-2H3. The number of likely N-dealkylation sites (N-methyl/N-ethyl adjacent to an activating group) is 1. The Bertz CT molecular complexity index is 455. The number of nitrogens with zero attached hydrogens (tertiary/aromatic N) is 2. The van der Waals surface area contributed by atoms with Crippen molar-refractivity contribution in [2.45, 2.75) is 25.3 Å². The van der Waals surface area contributed by atoms with E-state index in [1.165, 1.54) is 30.4 Å². The minimum Gasteiger partial charge on any atom is -0.497 e. The van der Waals surface area contributed by atoms with Gasteiger partial charge in [0.1, 0.15) is 5.75 Å². The lowest BCUT2D eigenvalue weighted by Crippen LogP contribution is -2.52. The fourth-order valence-corrected chi connectivity index (χ4v) is 3.21. The minimum absolute atomic E-state index is 0.466. The average Bonchev–Trinajstić information content (AvgIpc) is 2.49. The largest absolute Gasteiger partial charge is 0.497 e. The number of hydrazine groups is 1. The van der Waals surface area contributed by atoms with Crippen LogP contribution in [0, 0.1) is 0 Å². The molecule has 0 radical (unpaired) electrons. The highest BCUT2D eigenvalue weighted by Crippen LogP contribution is 2.32. The second-order valence-corrected chi connectivity index (χ2v) is 5.93. The van der Waals surface area contributed by atoms with Gasteiger partial charge in [0, 0.05) is 32.2 Å². The molecule has 0 aromatic heterocycles. The van der Waals surface area contributed by atoms with Crippen molar-refractivity contribution in [2.75, 3.05) is 40.3 Å². The summed E-state index contributed by atoms with van der Waals surface area (Å²) in [5.74, 6) is 0.976.